The molecular weight excluding hydrogens is 206 g/mol. The van der Waals surface area contributed by atoms with Crippen molar-refractivity contribution in [1.29, 1.82) is 0 Å². The van der Waals surface area contributed by atoms with Crippen LogP contribution < -0.4 is 11.1 Å². The molecule has 2 atom stereocenters. The molecule has 1 aliphatic carbocycles. The second-order valence-electron chi connectivity index (χ2n) is 4.47. The van der Waals surface area contributed by atoms with Crippen molar-refractivity contribution < 1.29 is 9.90 Å². The van der Waals surface area contributed by atoms with Crippen LogP contribution in [0.3, 0.4) is 0 Å². The molecule has 1 fully saturated rings. The third kappa shape index (κ3) is 4.08. The van der Waals surface area contributed by atoms with E-state index in [1.165, 1.54) is 0 Å². The van der Waals surface area contributed by atoms with Gasteiger partial charge in [-0.2, -0.15) is 0 Å². The number of carbonyl (C=O) groups excluding carboxylic acids is 1. The number of hydrogen-bond acceptors (Lipinski definition) is 4. The molecule has 1 aliphatic rings. The number of hydrogen-bond donors (Lipinski definition) is 3. The minimum absolute atomic E-state index is 0.0225. The number of nitrogens with one attached hydrogen (secondary N) is 1. The average molecular weight is 229 g/mol. The Kier molecular flexibility index (Phi) is 5.73. The highest BCUT2D eigenvalue weighted by Gasteiger charge is 2.27. The molecule has 0 saturated heterocycles. The molecule has 1 saturated carbocycles. The zero-order chi connectivity index (χ0) is 12.0. The second-order valence-corrected chi connectivity index (χ2v) is 4.47. The predicted octanol–water partition coefficient (Wildman–Crippen LogP) is -0.703. The highest BCUT2D eigenvalue weighted by molar-refractivity contribution is 5.78. The third-order valence-electron chi connectivity index (χ3n) is 3.12. The fraction of sp³-hybridized carbons (Fsp3) is 0.909. The van der Waals surface area contributed by atoms with Crippen molar-refractivity contribution >= 4 is 5.91 Å². The molecule has 4 N–H and O–H groups in total. The summed E-state index contributed by atoms with van der Waals surface area (Å²) in [7, 11) is 1.89. The van der Waals surface area contributed by atoms with E-state index in [2.05, 4.69) is 5.32 Å². The summed E-state index contributed by atoms with van der Waals surface area (Å²) in [6.07, 6.45) is 3.75. The van der Waals surface area contributed by atoms with Crippen LogP contribution in [-0.4, -0.2) is 54.7 Å². The van der Waals surface area contributed by atoms with E-state index in [9.17, 15) is 9.90 Å². The van der Waals surface area contributed by atoms with Crippen molar-refractivity contribution in [2.24, 2.45) is 5.73 Å². The summed E-state index contributed by atoms with van der Waals surface area (Å²) in [4.78, 5) is 13.4. The fourth-order valence-electron chi connectivity index (χ4n) is 2.22. The van der Waals surface area contributed by atoms with Crippen LogP contribution in [0.1, 0.15) is 25.7 Å². The number of nitrogens with two attached hydrogens (primary N) is 1. The highest BCUT2D eigenvalue weighted by Crippen LogP contribution is 2.21. The van der Waals surface area contributed by atoms with Gasteiger partial charge in [0.15, 0.2) is 0 Å². The van der Waals surface area contributed by atoms with Crippen LogP contribution in [-0.2, 0) is 4.79 Å². The van der Waals surface area contributed by atoms with Crippen LogP contribution in [0.15, 0.2) is 0 Å². The first kappa shape index (κ1) is 13.4. The molecule has 0 heterocycles. The molecule has 0 radical (unpaired) electrons. The van der Waals surface area contributed by atoms with Crippen LogP contribution in [0, 0.1) is 0 Å². The van der Waals surface area contributed by atoms with E-state index < -0.39 is 0 Å². The van der Waals surface area contributed by atoms with Gasteiger partial charge in [0, 0.05) is 19.1 Å². The van der Waals surface area contributed by atoms with E-state index >= 15 is 0 Å². The highest BCUT2D eigenvalue weighted by atomic mass is 16.3. The molecule has 0 aromatic heterocycles. The number of aliphatic hydroxyl groups excluding tert-OH is 1. The van der Waals surface area contributed by atoms with Crippen LogP contribution in [0.4, 0.5) is 0 Å². The lowest BCUT2D eigenvalue weighted by atomic mass is 9.91. The summed E-state index contributed by atoms with van der Waals surface area (Å²) in [6, 6.07) is 0.123. The fourth-order valence-corrected chi connectivity index (χ4v) is 2.22. The Morgan fingerprint density at radius 1 is 1.50 bits per heavy atom. The predicted molar refractivity (Wildman–Crippen MR) is 63.0 cm³/mol. The monoisotopic (exact) mass is 229 g/mol. The molecule has 0 aliphatic heterocycles. The van der Waals surface area contributed by atoms with Gasteiger partial charge in [0.2, 0.25) is 5.91 Å². The molecule has 94 valence electrons. The van der Waals surface area contributed by atoms with Crippen molar-refractivity contribution in [3.8, 4) is 0 Å². The lowest BCUT2D eigenvalue weighted by molar-refractivity contribution is -0.123. The summed E-state index contributed by atoms with van der Waals surface area (Å²) in [6.45, 7) is 1.31. The minimum Gasteiger partial charge on any atom is -0.391 e. The number of carbonyl (C=O) groups is 1. The minimum atomic E-state index is -0.291. The Morgan fingerprint density at radius 3 is 2.81 bits per heavy atom. The molecule has 5 nitrogen and oxygen atoms in total. The Morgan fingerprint density at radius 2 is 2.19 bits per heavy atom. The molecular formula is C11H23N3O2. The first-order valence-electron chi connectivity index (χ1n) is 6.00. The Labute approximate surface area is 97.0 Å². The molecule has 1 rings (SSSR count). The second kappa shape index (κ2) is 6.83. The molecule has 0 aromatic carbocycles. The van der Waals surface area contributed by atoms with Crippen LogP contribution in [0.2, 0.25) is 0 Å². The van der Waals surface area contributed by atoms with Crippen molar-refractivity contribution in [3.05, 3.63) is 0 Å². The Hall–Kier alpha value is -0.650. The topological polar surface area (TPSA) is 78.6 Å². The van der Waals surface area contributed by atoms with Gasteiger partial charge in [-0.1, -0.05) is 12.8 Å². The molecule has 2 unspecified atom stereocenters. The largest absolute Gasteiger partial charge is 0.391 e. The Bertz CT molecular complexity index is 223. The summed E-state index contributed by atoms with van der Waals surface area (Å²) in [5, 5.41) is 12.6. The molecule has 0 spiro atoms. The SMILES string of the molecule is CN(CC(=O)NCCN)C1CCCCC1O. The van der Waals surface area contributed by atoms with E-state index in [4.69, 9.17) is 5.73 Å². The lowest BCUT2D eigenvalue weighted by Gasteiger charge is -2.34. The van der Waals surface area contributed by atoms with Gasteiger partial charge < -0.3 is 16.2 Å². The molecule has 5 heteroatoms. The van der Waals surface area contributed by atoms with Gasteiger partial charge in [-0.25, -0.2) is 0 Å². The van der Waals surface area contributed by atoms with E-state index in [0.29, 0.717) is 19.6 Å². The zero-order valence-electron chi connectivity index (χ0n) is 9.98. The first-order valence-corrected chi connectivity index (χ1v) is 6.00. The van der Waals surface area contributed by atoms with Gasteiger partial charge in [0.1, 0.15) is 0 Å². The quantitative estimate of drug-likeness (QED) is 0.582. The average Bonchev–Trinajstić information content (AvgIpc) is 2.26. The molecule has 0 aromatic rings. The van der Waals surface area contributed by atoms with Crippen molar-refractivity contribution in [1.82, 2.24) is 10.2 Å². The number of amides is 1. The maximum Gasteiger partial charge on any atom is 0.234 e. The number of nitrogens with zero attached hydrogens (tertiary/aromatic N) is 1. The van der Waals surface area contributed by atoms with Crippen LogP contribution in [0.25, 0.3) is 0 Å². The number of rotatable bonds is 5. The van der Waals surface area contributed by atoms with E-state index in [1.54, 1.807) is 0 Å². The first-order chi connectivity index (χ1) is 7.65. The lowest BCUT2D eigenvalue weighted by Crippen LogP contribution is -2.47. The smallest absolute Gasteiger partial charge is 0.234 e. The standard InChI is InChI=1S/C11H23N3O2/c1-14(8-11(16)13-7-6-12)9-4-2-3-5-10(9)15/h9-10,15H,2-8,12H2,1H3,(H,13,16). The van der Waals surface area contributed by atoms with Gasteiger partial charge in [-0.15, -0.1) is 0 Å². The summed E-state index contributed by atoms with van der Waals surface area (Å²) in [5.41, 5.74) is 5.30. The van der Waals surface area contributed by atoms with Gasteiger partial charge in [0.05, 0.1) is 12.6 Å². The van der Waals surface area contributed by atoms with Gasteiger partial charge in [0.25, 0.3) is 0 Å². The molecule has 1 amide bonds. The number of likely N-dealkylation sites (N-methyl/N-ethyl adjacent to an activating group) is 1. The van der Waals surface area contributed by atoms with E-state index in [0.717, 1.165) is 25.7 Å². The summed E-state index contributed by atoms with van der Waals surface area (Å²) >= 11 is 0. The van der Waals surface area contributed by atoms with Gasteiger partial charge >= 0.3 is 0 Å². The zero-order valence-corrected chi connectivity index (χ0v) is 9.98. The summed E-state index contributed by atoms with van der Waals surface area (Å²) in [5.74, 6) is -0.0225. The maximum absolute atomic E-state index is 11.5. The normalized spacial score (nSPS) is 25.8. The Balaban J connectivity index is 2.32. The number of aliphatic hydroxyl groups is 1. The van der Waals surface area contributed by atoms with Crippen LogP contribution >= 0.6 is 0 Å². The van der Waals surface area contributed by atoms with Crippen LogP contribution in [0.5, 0.6) is 0 Å². The van der Waals surface area contributed by atoms with Crippen molar-refractivity contribution in [2.45, 2.75) is 37.8 Å². The third-order valence-corrected chi connectivity index (χ3v) is 3.12. The maximum atomic E-state index is 11.5. The van der Waals surface area contributed by atoms with Crippen molar-refractivity contribution in [2.75, 3.05) is 26.7 Å². The van der Waals surface area contributed by atoms with Gasteiger partial charge in [-0.05, 0) is 19.9 Å². The van der Waals surface area contributed by atoms with Crippen molar-refractivity contribution in [3.63, 3.8) is 0 Å². The molecule has 0 bridgehead atoms. The van der Waals surface area contributed by atoms with E-state index in [1.807, 2.05) is 11.9 Å². The van der Waals surface area contributed by atoms with E-state index in [-0.39, 0.29) is 18.1 Å². The molecule has 16 heavy (non-hydrogen) atoms. The van der Waals surface area contributed by atoms with Gasteiger partial charge in [-0.3, -0.25) is 9.69 Å². The summed E-state index contributed by atoms with van der Waals surface area (Å²) < 4.78 is 0.